The van der Waals surface area contributed by atoms with Gasteiger partial charge in [-0.15, -0.1) is 0 Å². The topological polar surface area (TPSA) is 41.1 Å². The summed E-state index contributed by atoms with van der Waals surface area (Å²) in [6.07, 6.45) is 2.36. The second kappa shape index (κ2) is 4.51. The lowest BCUT2D eigenvalue weighted by Gasteiger charge is -2.13. The van der Waals surface area contributed by atoms with Crippen LogP contribution in [0.3, 0.4) is 0 Å². The van der Waals surface area contributed by atoms with Crippen LogP contribution in [0.15, 0.2) is 24.3 Å². The Morgan fingerprint density at radius 3 is 2.88 bits per heavy atom. The molecule has 1 aromatic rings. The fourth-order valence-electron chi connectivity index (χ4n) is 1.65. The highest BCUT2D eigenvalue weighted by Gasteiger charge is 2.28. The Bertz CT molecular complexity index is 390. The van der Waals surface area contributed by atoms with Gasteiger partial charge in [-0.05, 0) is 43.9 Å². The van der Waals surface area contributed by atoms with Crippen LogP contribution < -0.4 is 10.6 Å². The molecule has 0 radical (unpaired) electrons. The molecule has 0 heterocycles. The quantitative estimate of drug-likeness (QED) is 0.811. The Hall–Kier alpha value is -1.58. The maximum atomic E-state index is 12.8. The van der Waals surface area contributed by atoms with E-state index in [-0.39, 0.29) is 17.9 Å². The van der Waals surface area contributed by atoms with Crippen LogP contribution in [0, 0.1) is 11.7 Å². The van der Waals surface area contributed by atoms with E-state index in [0.717, 1.165) is 0 Å². The van der Waals surface area contributed by atoms with E-state index in [0.29, 0.717) is 11.6 Å². The lowest BCUT2D eigenvalue weighted by Crippen LogP contribution is -2.37. The zero-order chi connectivity index (χ0) is 11.5. The second-order valence-electron chi connectivity index (χ2n) is 4.23. The number of carbonyl (C=O) groups is 1. The highest BCUT2D eigenvalue weighted by atomic mass is 19.1. The van der Waals surface area contributed by atoms with Crippen LogP contribution in [0.1, 0.15) is 19.8 Å². The molecule has 16 heavy (non-hydrogen) atoms. The van der Waals surface area contributed by atoms with E-state index in [4.69, 9.17) is 0 Å². The molecule has 1 aromatic carbocycles. The standard InChI is InChI=1S/C12H15FN2O/c1-8(9-5-6-9)14-12(16)15-11-4-2-3-10(13)7-11/h2-4,7-9H,5-6H2,1H3,(H2,14,15,16). The maximum absolute atomic E-state index is 12.8. The molecule has 0 aliphatic heterocycles. The van der Waals surface area contributed by atoms with Crippen LogP contribution in [0.2, 0.25) is 0 Å². The summed E-state index contributed by atoms with van der Waals surface area (Å²) in [6, 6.07) is 5.77. The first-order valence-electron chi connectivity index (χ1n) is 5.48. The Labute approximate surface area is 94.0 Å². The van der Waals surface area contributed by atoms with E-state index in [2.05, 4.69) is 10.6 Å². The smallest absolute Gasteiger partial charge is 0.319 e. The van der Waals surface area contributed by atoms with Gasteiger partial charge >= 0.3 is 6.03 Å². The monoisotopic (exact) mass is 222 g/mol. The molecular formula is C12H15FN2O. The molecule has 1 unspecified atom stereocenters. The number of nitrogens with one attached hydrogen (secondary N) is 2. The van der Waals surface area contributed by atoms with Gasteiger partial charge < -0.3 is 10.6 Å². The van der Waals surface area contributed by atoms with Gasteiger partial charge in [-0.1, -0.05) is 6.07 Å². The number of benzene rings is 1. The Morgan fingerprint density at radius 1 is 1.50 bits per heavy atom. The summed E-state index contributed by atoms with van der Waals surface area (Å²) in [5.41, 5.74) is 0.473. The highest BCUT2D eigenvalue weighted by Crippen LogP contribution is 2.32. The SMILES string of the molecule is CC(NC(=O)Nc1cccc(F)c1)C1CC1. The number of hydrogen-bond donors (Lipinski definition) is 2. The number of rotatable bonds is 3. The number of anilines is 1. The van der Waals surface area contributed by atoms with Crippen molar-refractivity contribution in [1.29, 1.82) is 0 Å². The molecule has 3 nitrogen and oxygen atoms in total. The molecule has 1 atom stereocenters. The molecule has 1 fully saturated rings. The van der Waals surface area contributed by atoms with Gasteiger partial charge in [0.25, 0.3) is 0 Å². The third kappa shape index (κ3) is 2.95. The minimum atomic E-state index is -0.354. The fourth-order valence-corrected chi connectivity index (χ4v) is 1.65. The summed E-state index contributed by atoms with van der Waals surface area (Å²) < 4.78 is 12.8. The van der Waals surface area contributed by atoms with E-state index in [1.54, 1.807) is 12.1 Å². The van der Waals surface area contributed by atoms with Gasteiger partial charge in [-0.2, -0.15) is 0 Å². The van der Waals surface area contributed by atoms with Crippen molar-refractivity contribution in [3.8, 4) is 0 Å². The Morgan fingerprint density at radius 2 is 2.25 bits per heavy atom. The molecular weight excluding hydrogens is 207 g/mol. The first-order chi connectivity index (χ1) is 7.65. The molecule has 1 aliphatic carbocycles. The molecule has 0 aromatic heterocycles. The number of hydrogen-bond acceptors (Lipinski definition) is 1. The second-order valence-corrected chi connectivity index (χ2v) is 4.23. The van der Waals surface area contributed by atoms with Gasteiger partial charge in [0.05, 0.1) is 0 Å². The number of amides is 2. The molecule has 4 heteroatoms. The Balaban J connectivity index is 1.86. The predicted molar refractivity (Wildman–Crippen MR) is 60.7 cm³/mol. The van der Waals surface area contributed by atoms with Crippen LogP contribution in [0.5, 0.6) is 0 Å². The van der Waals surface area contributed by atoms with Gasteiger partial charge in [-0.3, -0.25) is 0 Å². The van der Waals surface area contributed by atoms with Crippen LogP contribution in [0.4, 0.5) is 14.9 Å². The molecule has 0 spiro atoms. The van der Waals surface area contributed by atoms with Gasteiger partial charge in [0.15, 0.2) is 0 Å². The maximum Gasteiger partial charge on any atom is 0.319 e. The van der Waals surface area contributed by atoms with E-state index in [1.807, 2.05) is 6.92 Å². The minimum Gasteiger partial charge on any atom is -0.335 e. The predicted octanol–water partition coefficient (Wildman–Crippen LogP) is 2.75. The van der Waals surface area contributed by atoms with Gasteiger partial charge in [0.1, 0.15) is 5.82 Å². The van der Waals surface area contributed by atoms with Crippen molar-refractivity contribution < 1.29 is 9.18 Å². The third-order valence-electron chi connectivity index (χ3n) is 2.77. The van der Waals surface area contributed by atoms with E-state index >= 15 is 0 Å². The lowest BCUT2D eigenvalue weighted by atomic mass is 10.2. The van der Waals surface area contributed by atoms with Gasteiger partial charge in [-0.25, -0.2) is 9.18 Å². The van der Waals surface area contributed by atoms with Crippen molar-refractivity contribution in [2.24, 2.45) is 5.92 Å². The summed E-state index contributed by atoms with van der Waals surface area (Å²) in [6.45, 7) is 1.99. The average Bonchev–Trinajstić information content (AvgIpc) is 2.99. The molecule has 0 bridgehead atoms. The van der Waals surface area contributed by atoms with Crippen LogP contribution in [-0.2, 0) is 0 Å². The summed E-state index contributed by atoms with van der Waals surface area (Å²) in [5, 5.41) is 5.44. The molecule has 2 rings (SSSR count). The van der Waals surface area contributed by atoms with E-state index in [9.17, 15) is 9.18 Å². The zero-order valence-corrected chi connectivity index (χ0v) is 9.16. The van der Waals surface area contributed by atoms with Crippen LogP contribution in [0.25, 0.3) is 0 Å². The van der Waals surface area contributed by atoms with Gasteiger partial charge in [0, 0.05) is 11.7 Å². The average molecular weight is 222 g/mol. The number of carbonyl (C=O) groups excluding carboxylic acids is 1. The Kier molecular flexibility index (Phi) is 3.08. The summed E-state index contributed by atoms with van der Waals surface area (Å²) in [7, 11) is 0. The van der Waals surface area contributed by atoms with Crippen molar-refractivity contribution >= 4 is 11.7 Å². The number of urea groups is 1. The van der Waals surface area contributed by atoms with Crippen molar-refractivity contribution in [2.45, 2.75) is 25.8 Å². The van der Waals surface area contributed by atoms with Gasteiger partial charge in [0.2, 0.25) is 0 Å². The fraction of sp³-hybridized carbons (Fsp3) is 0.417. The molecule has 2 amide bonds. The zero-order valence-electron chi connectivity index (χ0n) is 9.16. The number of halogens is 1. The summed E-state index contributed by atoms with van der Waals surface area (Å²) in [5.74, 6) is 0.256. The van der Waals surface area contributed by atoms with E-state index < -0.39 is 0 Å². The van der Waals surface area contributed by atoms with Crippen molar-refractivity contribution in [2.75, 3.05) is 5.32 Å². The first kappa shape index (κ1) is 10.9. The summed E-state index contributed by atoms with van der Waals surface area (Å²) in [4.78, 5) is 11.5. The molecule has 2 N–H and O–H groups in total. The van der Waals surface area contributed by atoms with Crippen LogP contribution >= 0.6 is 0 Å². The van der Waals surface area contributed by atoms with Crippen molar-refractivity contribution in [1.82, 2.24) is 5.32 Å². The van der Waals surface area contributed by atoms with Crippen LogP contribution in [-0.4, -0.2) is 12.1 Å². The third-order valence-corrected chi connectivity index (χ3v) is 2.77. The minimum absolute atomic E-state index is 0.188. The first-order valence-corrected chi connectivity index (χ1v) is 5.48. The molecule has 1 saturated carbocycles. The molecule has 0 saturated heterocycles. The molecule has 1 aliphatic rings. The summed E-state index contributed by atoms with van der Waals surface area (Å²) >= 11 is 0. The van der Waals surface area contributed by atoms with Crippen molar-refractivity contribution in [3.05, 3.63) is 30.1 Å². The lowest BCUT2D eigenvalue weighted by molar-refractivity contribution is 0.248. The van der Waals surface area contributed by atoms with E-state index in [1.165, 1.54) is 25.0 Å². The molecule has 86 valence electrons. The van der Waals surface area contributed by atoms with Crippen molar-refractivity contribution in [3.63, 3.8) is 0 Å². The largest absolute Gasteiger partial charge is 0.335 e. The normalized spacial score (nSPS) is 16.6. The highest BCUT2D eigenvalue weighted by molar-refractivity contribution is 5.89.